The number of likely N-dealkylation sites (tertiary alicyclic amines) is 1. The number of aliphatic carboxylic acids is 1. The molecular weight excluding hydrogens is 272 g/mol. The molecule has 1 saturated heterocycles. The summed E-state index contributed by atoms with van der Waals surface area (Å²) in [7, 11) is 1.71. The highest BCUT2D eigenvalue weighted by atomic mass is 16.4. The smallest absolute Gasteiger partial charge is 0.320 e. The third kappa shape index (κ3) is 4.32. The number of furan rings is 1. The number of carboxylic acids is 1. The molecule has 2 rings (SSSR count). The molecule has 1 aliphatic rings. The fourth-order valence-electron chi connectivity index (χ4n) is 2.66. The second kappa shape index (κ2) is 7.26. The van der Waals surface area contributed by atoms with Crippen LogP contribution in [-0.2, 0) is 16.1 Å². The molecule has 1 aromatic rings. The van der Waals surface area contributed by atoms with Crippen molar-refractivity contribution in [2.75, 3.05) is 20.1 Å². The zero-order valence-corrected chi connectivity index (χ0v) is 12.3. The van der Waals surface area contributed by atoms with E-state index in [2.05, 4.69) is 0 Å². The molecule has 1 fully saturated rings. The number of hydrogen-bond acceptors (Lipinski definition) is 4. The van der Waals surface area contributed by atoms with Crippen molar-refractivity contribution in [1.29, 1.82) is 0 Å². The van der Waals surface area contributed by atoms with Crippen molar-refractivity contribution in [2.45, 2.75) is 38.3 Å². The van der Waals surface area contributed by atoms with Gasteiger partial charge in [0.15, 0.2) is 0 Å². The van der Waals surface area contributed by atoms with E-state index < -0.39 is 12.0 Å². The predicted octanol–water partition coefficient (Wildman–Crippen LogP) is 1.57. The van der Waals surface area contributed by atoms with E-state index in [0.717, 1.165) is 25.0 Å². The van der Waals surface area contributed by atoms with Crippen LogP contribution in [0.1, 0.15) is 31.4 Å². The molecular formula is C15H22N2O4. The summed E-state index contributed by atoms with van der Waals surface area (Å²) in [5.41, 5.74) is 0. The van der Waals surface area contributed by atoms with Gasteiger partial charge < -0.3 is 14.4 Å². The molecule has 1 aliphatic heterocycles. The van der Waals surface area contributed by atoms with Gasteiger partial charge in [0.05, 0.1) is 19.4 Å². The number of hydrogen-bond donors (Lipinski definition) is 1. The lowest BCUT2D eigenvalue weighted by molar-refractivity contribution is -0.144. The number of likely N-dealkylation sites (N-methyl/N-ethyl adjacent to an activating group) is 1. The van der Waals surface area contributed by atoms with Crippen LogP contribution in [0.25, 0.3) is 0 Å². The first-order valence-corrected chi connectivity index (χ1v) is 7.31. The SMILES string of the molecule is CN(Cc1ccco1)C(=O)CN1CCCCCC1C(=O)O. The van der Waals surface area contributed by atoms with Gasteiger partial charge in [-0.25, -0.2) is 0 Å². The number of carboxylic acid groups (broad SMARTS) is 1. The van der Waals surface area contributed by atoms with E-state index in [0.29, 0.717) is 19.5 Å². The Morgan fingerprint density at radius 2 is 2.24 bits per heavy atom. The Bertz CT molecular complexity index is 472. The topological polar surface area (TPSA) is 74.0 Å². The lowest BCUT2D eigenvalue weighted by Crippen LogP contribution is -2.46. The Balaban J connectivity index is 1.94. The third-order valence-electron chi connectivity index (χ3n) is 3.89. The fourth-order valence-corrected chi connectivity index (χ4v) is 2.66. The minimum absolute atomic E-state index is 0.0837. The van der Waals surface area contributed by atoms with Gasteiger partial charge >= 0.3 is 5.97 Å². The van der Waals surface area contributed by atoms with Crippen LogP contribution in [0.2, 0.25) is 0 Å². The van der Waals surface area contributed by atoms with E-state index in [1.807, 2.05) is 6.07 Å². The van der Waals surface area contributed by atoms with Crippen molar-refractivity contribution >= 4 is 11.9 Å². The van der Waals surface area contributed by atoms with Gasteiger partial charge in [-0.05, 0) is 31.5 Å². The monoisotopic (exact) mass is 294 g/mol. The highest BCUT2D eigenvalue weighted by Crippen LogP contribution is 2.17. The molecule has 0 aliphatic carbocycles. The normalized spacial score (nSPS) is 20.0. The Morgan fingerprint density at radius 3 is 2.90 bits per heavy atom. The van der Waals surface area contributed by atoms with Gasteiger partial charge in [-0.2, -0.15) is 0 Å². The average Bonchev–Trinajstić information content (AvgIpc) is 2.83. The molecule has 116 valence electrons. The molecule has 0 bridgehead atoms. The summed E-state index contributed by atoms with van der Waals surface area (Å²) in [4.78, 5) is 27.0. The molecule has 1 atom stereocenters. The number of amides is 1. The van der Waals surface area contributed by atoms with E-state index in [4.69, 9.17) is 4.42 Å². The van der Waals surface area contributed by atoms with Crippen LogP contribution in [0.4, 0.5) is 0 Å². The van der Waals surface area contributed by atoms with E-state index in [1.165, 1.54) is 0 Å². The van der Waals surface area contributed by atoms with E-state index in [9.17, 15) is 14.7 Å². The maximum Gasteiger partial charge on any atom is 0.320 e. The molecule has 0 saturated carbocycles. The zero-order chi connectivity index (χ0) is 15.2. The lowest BCUT2D eigenvalue weighted by atomic mass is 10.1. The molecule has 1 amide bonds. The van der Waals surface area contributed by atoms with Crippen LogP contribution in [0.5, 0.6) is 0 Å². The van der Waals surface area contributed by atoms with Crippen molar-refractivity contribution in [3.8, 4) is 0 Å². The molecule has 0 spiro atoms. The van der Waals surface area contributed by atoms with Gasteiger partial charge in [0, 0.05) is 7.05 Å². The summed E-state index contributed by atoms with van der Waals surface area (Å²) in [6.07, 6.45) is 5.06. The summed E-state index contributed by atoms with van der Waals surface area (Å²) >= 11 is 0. The summed E-state index contributed by atoms with van der Waals surface area (Å²) < 4.78 is 5.22. The van der Waals surface area contributed by atoms with Crippen LogP contribution in [0, 0.1) is 0 Å². The third-order valence-corrected chi connectivity index (χ3v) is 3.89. The van der Waals surface area contributed by atoms with Gasteiger partial charge in [-0.15, -0.1) is 0 Å². The maximum atomic E-state index is 12.3. The van der Waals surface area contributed by atoms with E-state index in [1.54, 1.807) is 29.2 Å². The van der Waals surface area contributed by atoms with Crippen molar-refractivity contribution < 1.29 is 19.1 Å². The molecule has 0 aromatic carbocycles. The van der Waals surface area contributed by atoms with Crippen molar-refractivity contribution in [3.05, 3.63) is 24.2 Å². The summed E-state index contributed by atoms with van der Waals surface area (Å²) in [5, 5.41) is 9.31. The van der Waals surface area contributed by atoms with Gasteiger partial charge in [0.25, 0.3) is 0 Å². The first-order chi connectivity index (χ1) is 10.1. The summed E-state index contributed by atoms with van der Waals surface area (Å²) in [6.45, 7) is 1.21. The molecule has 6 heteroatoms. The molecule has 1 unspecified atom stereocenters. The Labute approximate surface area is 124 Å². The summed E-state index contributed by atoms with van der Waals surface area (Å²) in [5.74, 6) is -0.200. The van der Waals surface area contributed by atoms with Gasteiger partial charge in [-0.1, -0.05) is 12.8 Å². The van der Waals surface area contributed by atoms with Crippen molar-refractivity contribution in [1.82, 2.24) is 9.80 Å². The Kier molecular flexibility index (Phi) is 5.38. The van der Waals surface area contributed by atoms with Crippen molar-refractivity contribution in [2.24, 2.45) is 0 Å². The predicted molar refractivity (Wildman–Crippen MR) is 76.6 cm³/mol. The quantitative estimate of drug-likeness (QED) is 0.892. The van der Waals surface area contributed by atoms with Crippen LogP contribution in [-0.4, -0.2) is 53.0 Å². The lowest BCUT2D eigenvalue weighted by Gasteiger charge is -2.28. The Hall–Kier alpha value is -1.82. The van der Waals surface area contributed by atoms with E-state index >= 15 is 0 Å². The van der Waals surface area contributed by atoms with Crippen LogP contribution in [0.3, 0.4) is 0 Å². The largest absolute Gasteiger partial charge is 0.480 e. The van der Waals surface area contributed by atoms with Crippen LogP contribution in [0.15, 0.2) is 22.8 Å². The van der Waals surface area contributed by atoms with Crippen molar-refractivity contribution in [3.63, 3.8) is 0 Å². The molecule has 6 nitrogen and oxygen atoms in total. The number of carbonyl (C=O) groups excluding carboxylic acids is 1. The molecule has 1 N–H and O–H groups in total. The van der Waals surface area contributed by atoms with Crippen LogP contribution < -0.4 is 0 Å². The molecule has 21 heavy (non-hydrogen) atoms. The standard InChI is InChI=1S/C15H22N2O4/c1-16(10-12-6-5-9-21-12)14(18)11-17-8-4-2-3-7-13(17)15(19)20/h5-6,9,13H,2-4,7-8,10-11H2,1H3,(H,19,20). The number of carbonyl (C=O) groups is 2. The summed E-state index contributed by atoms with van der Waals surface area (Å²) in [6, 6.07) is 3.05. The fraction of sp³-hybridized carbons (Fsp3) is 0.600. The second-order valence-corrected chi connectivity index (χ2v) is 5.50. The van der Waals surface area contributed by atoms with Crippen LogP contribution >= 0.6 is 0 Å². The van der Waals surface area contributed by atoms with Gasteiger partial charge in [-0.3, -0.25) is 14.5 Å². The molecule has 1 aromatic heterocycles. The molecule has 2 heterocycles. The minimum Gasteiger partial charge on any atom is -0.480 e. The minimum atomic E-state index is -0.835. The maximum absolute atomic E-state index is 12.3. The number of nitrogens with zero attached hydrogens (tertiary/aromatic N) is 2. The first-order valence-electron chi connectivity index (χ1n) is 7.31. The first kappa shape index (κ1) is 15.6. The highest BCUT2D eigenvalue weighted by Gasteiger charge is 2.29. The van der Waals surface area contributed by atoms with Gasteiger partial charge in [0.1, 0.15) is 11.8 Å². The molecule has 0 radical (unpaired) electrons. The van der Waals surface area contributed by atoms with Gasteiger partial charge in [0.2, 0.25) is 5.91 Å². The Morgan fingerprint density at radius 1 is 1.43 bits per heavy atom. The average molecular weight is 294 g/mol. The zero-order valence-electron chi connectivity index (χ0n) is 12.3. The van der Waals surface area contributed by atoms with E-state index in [-0.39, 0.29) is 12.5 Å². The number of rotatable bonds is 5. The second-order valence-electron chi connectivity index (χ2n) is 5.50. The highest BCUT2D eigenvalue weighted by molar-refractivity contribution is 5.79.